The first-order valence-electron chi connectivity index (χ1n) is 5.90. The zero-order valence-corrected chi connectivity index (χ0v) is 10.7. The fourth-order valence-electron chi connectivity index (χ4n) is 1.49. The molecule has 0 bridgehead atoms. The molecule has 0 atom stereocenters. The lowest BCUT2D eigenvalue weighted by Gasteiger charge is -2.11. The van der Waals surface area contributed by atoms with E-state index in [4.69, 9.17) is 5.84 Å². The zero-order chi connectivity index (χ0) is 12.7. The summed E-state index contributed by atoms with van der Waals surface area (Å²) >= 11 is 0. The van der Waals surface area contributed by atoms with E-state index in [1.807, 2.05) is 27.0 Å². The molecular weight excluding hydrogens is 216 g/mol. The summed E-state index contributed by atoms with van der Waals surface area (Å²) in [6, 6.07) is 0.320. The maximum atomic E-state index is 5.36. The van der Waals surface area contributed by atoms with Gasteiger partial charge >= 0.3 is 0 Å². The summed E-state index contributed by atoms with van der Waals surface area (Å²) in [6.07, 6.45) is 3.82. The summed E-state index contributed by atoms with van der Waals surface area (Å²) in [6.45, 7) is 6.85. The van der Waals surface area contributed by atoms with Crippen molar-refractivity contribution in [2.24, 2.45) is 10.8 Å². The highest BCUT2D eigenvalue weighted by Crippen LogP contribution is 2.05. The van der Waals surface area contributed by atoms with Crippen molar-refractivity contribution < 1.29 is 0 Å². The van der Waals surface area contributed by atoms with E-state index < -0.39 is 0 Å². The van der Waals surface area contributed by atoms with Gasteiger partial charge in [0.1, 0.15) is 0 Å². The standard InChI is InChI=1S/C11H22N6/c1-8(2)15-11(16-12)13-6-4-5-10-7-14-17-9(10)3/h7-8H,4-6,12H2,1-3H3,(H,14,17)(H2,13,15,16). The molecule has 0 saturated heterocycles. The van der Waals surface area contributed by atoms with Gasteiger partial charge in [0.2, 0.25) is 5.96 Å². The monoisotopic (exact) mass is 238 g/mol. The van der Waals surface area contributed by atoms with E-state index in [-0.39, 0.29) is 0 Å². The number of aromatic nitrogens is 2. The number of nitrogens with zero attached hydrogens (tertiary/aromatic N) is 2. The summed E-state index contributed by atoms with van der Waals surface area (Å²) in [5.41, 5.74) is 4.94. The summed E-state index contributed by atoms with van der Waals surface area (Å²) in [7, 11) is 0. The van der Waals surface area contributed by atoms with Crippen LogP contribution in [-0.2, 0) is 6.42 Å². The van der Waals surface area contributed by atoms with Gasteiger partial charge in [-0.25, -0.2) is 5.84 Å². The van der Waals surface area contributed by atoms with Crippen LogP contribution in [0.25, 0.3) is 0 Å². The minimum absolute atomic E-state index is 0.320. The van der Waals surface area contributed by atoms with Gasteiger partial charge in [0, 0.05) is 18.3 Å². The molecule has 17 heavy (non-hydrogen) atoms. The second kappa shape index (κ2) is 6.90. The van der Waals surface area contributed by atoms with Crippen molar-refractivity contribution in [2.45, 2.75) is 39.7 Å². The van der Waals surface area contributed by atoms with Crippen LogP contribution in [-0.4, -0.2) is 28.7 Å². The van der Waals surface area contributed by atoms with E-state index in [9.17, 15) is 0 Å². The number of hydrazine groups is 1. The molecular formula is C11H22N6. The Bertz CT molecular complexity index is 355. The Labute approximate surface area is 102 Å². The topological polar surface area (TPSA) is 91.1 Å². The van der Waals surface area contributed by atoms with Gasteiger partial charge in [-0.2, -0.15) is 5.10 Å². The van der Waals surface area contributed by atoms with Gasteiger partial charge in [-0.3, -0.25) is 15.5 Å². The normalized spacial score (nSPS) is 11.9. The van der Waals surface area contributed by atoms with Gasteiger partial charge in [0.25, 0.3) is 0 Å². The zero-order valence-electron chi connectivity index (χ0n) is 10.7. The van der Waals surface area contributed by atoms with Gasteiger partial charge in [-0.15, -0.1) is 0 Å². The van der Waals surface area contributed by atoms with Crippen LogP contribution in [0.4, 0.5) is 0 Å². The van der Waals surface area contributed by atoms with E-state index >= 15 is 0 Å². The fraction of sp³-hybridized carbons (Fsp3) is 0.636. The fourth-order valence-corrected chi connectivity index (χ4v) is 1.49. The molecule has 6 nitrogen and oxygen atoms in total. The van der Waals surface area contributed by atoms with E-state index in [1.165, 1.54) is 5.56 Å². The van der Waals surface area contributed by atoms with Gasteiger partial charge in [0.15, 0.2) is 0 Å². The molecule has 1 aromatic rings. The molecule has 1 rings (SSSR count). The van der Waals surface area contributed by atoms with E-state index in [0.29, 0.717) is 12.0 Å². The van der Waals surface area contributed by atoms with Crippen LogP contribution >= 0.6 is 0 Å². The highest BCUT2D eigenvalue weighted by atomic mass is 15.3. The van der Waals surface area contributed by atoms with E-state index in [2.05, 4.69) is 25.9 Å². The first-order chi connectivity index (χ1) is 8.13. The quantitative estimate of drug-likeness (QED) is 0.197. The molecule has 1 aromatic heterocycles. The molecule has 0 aliphatic heterocycles. The SMILES string of the molecule is Cc1[nH]ncc1CCCN=C(NN)NC(C)C. The Hall–Kier alpha value is -1.56. The summed E-state index contributed by atoms with van der Waals surface area (Å²) in [4.78, 5) is 4.35. The number of aromatic amines is 1. The number of aliphatic imine (C=N–C) groups is 1. The Kier molecular flexibility index (Phi) is 5.48. The molecule has 0 saturated carbocycles. The molecule has 0 spiro atoms. The van der Waals surface area contributed by atoms with E-state index in [1.54, 1.807) is 0 Å². The third-order valence-corrected chi connectivity index (χ3v) is 2.37. The predicted molar refractivity (Wildman–Crippen MR) is 69.5 cm³/mol. The number of H-pyrrole nitrogens is 1. The summed E-state index contributed by atoms with van der Waals surface area (Å²) in [5.74, 6) is 6.01. The van der Waals surface area contributed by atoms with Crippen molar-refractivity contribution >= 4 is 5.96 Å². The summed E-state index contributed by atoms with van der Waals surface area (Å²) < 4.78 is 0. The van der Waals surface area contributed by atoms with Crippen molar-refractivity contribution in [1.29, 1.82) is 0 Å². The molecule has 5 N–H and O–H groups in total. The first-order valence-corrected chi connectivity index (χ1v) is 5.90. The Balaban J connectivity index is 2.31. The Morgan fingerprint density at radius 2 is 2.35 bits per heavy atom. The molecule has 0 unspecified atom stereocenters. The Morgan fingerprint density at radius 1 is 1.59 bits per heavy atom. The second-order valence-corrected chi connectivity index (χ2v) is 4.30. The van der Waals surface area contributed by atoms with E-state index in [0.717, 1.165) is 25.1 Å². The first kappa shape index (κ1) is 13.5. The number of aryl methyl sites for hydroxylation is 2. The highest BCUT2D eigenvalue weighted by Gasteiger charge is 2.00. The molecule has 6 heteroatoms. The second-order valence-electron chi connectivity index (χ2n) is 4.30. The van der Waals surface area contributed by atoms with Crippen LogP contribution in [0.2, 0.25) is 0 Å². The van der Waals surface area contributed by atoms with Crippen molar-refractivity contribution in [3.8, 4) is 0 Å². The lowest BCUT2D eigenvalue weighted by atomic mass is 10.1. The lowest BCUT2D eigenvalue weighted by molar-refractivity contribution is 0.698. The van der Waals surface area contributed by atoms with Crippen molar-refractivity contribution in [3.63, 3.8) is 0 Å². The molecule has 0 amide bonds. The maximum Gasteiger partial charge on any atom is 0.205 e. The van der Waals surface area contributed by atoms with Crippen LogP contribution < -0.4 is 16.6 Å². The largest absolute Gasteiger partial charge is 0.353 e. The number of guanidine groups is 1. The van der Waals surface area contributed by atoms with Gasteiger partial charge < -0.3 is 5.32 Å². The van der Waals surface area contributed by atoms with Gasteiger partial charge in [-0.05, 0) is 39.2 Å². The van der Waals surface area contributed by atoms with Crippen LogP contribution in [0, 0.1) is 6.92 Å². The molecule has 96 valence electrons. The third-order valence-electron chi connectivity index (χ3n) is 2.37. The minimum Gasteiger partial charge on any atom is -0.353 e. The number of nitrogens with two attached hydrogens (primary N) is 1. The Morgan fingerprint density at radius 3 is 2.88 bits per heavy atom. The number of nitrogens with one attached hydrogen (secondary N) is 3. The van der Waals surface area contributed by atoms with Crippen LogP contribution in [0.15, 0.2) is 11.2 Å². The molecule has 0 radical (unpaired) electrons. The number of hydrogen-bond acceptors (Lipinski definition) is 3. The van der Waals surface area contributed by atoms with Crippen molar-refractivity contribution in [1.82, 2.24) is 20.9 Å². The van der Waals surface area contributed by atoms with Crippen molar-refractivity contribution in [2.75, 3.05) is 6.54 Å². The number of hydrogen-bond donors (Lipinski definition) is 4. The maximum absolute atomic E-state index is 5.36. The molecule has 0 aromatic carbocycles. The molecule has 0 aliphatic carbocycles. The molecule has 0 aliphatic rings. The van der Waals surface area contributed by atoms with Crippen LogP contribution in [0.3, 0.4) is 0 Å². The lowest BCUT2D eigenvalue weighted by Crippen LogP contribution is -2.44. The molecule has 0 fully saturated rings. The van der Waals surface area contributed by atoms with Gasteiger partial charge in [-0.1, -0.05) is 0 Å². The van der Waals surface area contributed by atoms with Crippen molar-refractivity contribution in [3.05, 3.63) is 17.5 Å². The molecule has 1 heterocycles. The summed E-state index contributed by atoms with van der Waals surface area (Å²) in [5, 5.41) is 10.0. The third kappa shape index (κ3) is 4.86. The number of rotatable bonds is 5. The van der Waals surface area contributed by atoms with Crippen LogP contribution in [0.1, 0.15) is 31.5 Å². The highest BCUT2D eigenvalue weighted by molar-refractivity contribution is 5.79. The van der Waals surface area contributed by atoms with Crippen LogP contribution in [0.5, 0.6) is 0 Å². The average molecular weight is 238 g/mol. The van der Waals surface area contributed by atoms with Gasteiger partial charge in [0.05, 0.1) is 6.20 Å². The average Bonchev–Trinajstić information content (AvgIpc) is 2.68. The smallest absolute Gasteiger partial charge is 0.205 e. The predicted octanol–water partition coefficient (Wildman–Crippen LogP) is 0.468. The minimum atomic E-state index is 0.320.